The van der Waals surface area contributed by atoms with Crippen molar-refractivity contribution in [2.24, 2.45) is 0 Å². The quantitative estimate of drug-likeness (QED) is 0.689. The maximum atomic E-state index is 9.97. The van der Waals surface area contributed by atoms with Gasteiger partial charge in [-0.1, -0.05) is 12.1 Å². The van der Waals surface area contributed by atoms with Gasteiger partial charge in [-0.25, -0.2) is 0 Å². The molecule has 1 aromatic carbocycles. The summed E-state index contributed by atoms with van der Waals surface area (Å²) in [5.74, 6) is 0.685. The molecule has 0 amide bonds. The van der Waals surface area contributed by atoms with E-state index in [1.165, 1.54) is 0 Å². The zero-order chi connectivity index (χ0) is 13.4. The molecule has 5 heteroatoms. The fraction of sp³-hybridized carbons (Fsp3) is 0.538. The Kier molecular flexibility index (Phi) is 6.49. The summed E-state index contributed by atoms with van der Waals surface area (Å²) in [6, 6.07) is 5.45. The van der Waals surface area contributed by atoms with Crippen molar-refractivity contribution >= 4 is 0 Å². The van der Waals surface area contributed by atoms with Crippen molar-refractivity contribution < 1.29 is 19.3 Å². The van der Waals surface area contributed by atoms with Crippen molar-refractivity contribution in [3.8, 4) is 11.5 Å². The third-order valence-electron chi connectivity index (χ3n) is 2.53. The molecule has 0 bridgehead atoms. The third kappa shape index (κ3) is 4.18. The zero-order valence-corrected chi connectivity index (χ0v) is 11.1. The van der Waals surface area contributed by atoms with Crippen molar-refractivity contribution in [3.63, 3.8) is 0 Å². The van der Waals surface area contributed by atoms with Gasteiger partial charge in [0.15, 0.2) is 17.8 Å². The lowest BCUT2D eigenvalue weighted by Gasteiger charge is -2.15. The summed E-state index contributed by atoms with van der Waals surface area (Å²) in [6.45, 7) is 3.48. The minimum absolute atomic E-state index is 0.179. The first-order chi connectivity index (χ1) is 8.72. The van der Waals surface area contributed by atoms with Crippen LogP contribution in [0.25, 0.3) is 0 Å². The largest absolute Gasteiger partial charge is 0.504 e. The molecule has 0 unspecified atom stereocenters. The summed E-state index contributed by atoms with van der Waals surface area (Å²) in [4.78, 5) is 0. The molecule has 0 saturated heterocycles. The Morgan fingerprint density at radius 3 is 2.61 bits per heavy atom. The van der Waals surface area contributed by atoms with E-state index in [0.29, 0.717) is 25.4 Å². The number of hydrogen-bond acceptors (Lipinski definition) is 5. The fourth-order valence-electron chi connectivity index (χ4n) is 1.57. The highest BCUT2D eigenvalue weighted by Gasteiger charge is 2.09. The first-order valence-electron chi connectivity index (χ1n) is 5.92. The second kappa shape index (κ2) is 7.92. The number of phenols is 1. The van der Waals surface area contributed by atoms with Crippen molar-refractivity contribution in [3.05, 3.63) is 23.8 Å². The van der Waals surface area contributed by atoms with Crippen LogP contribution in [-0.4, -0.2) is 38.8 Å². The van der Waals surface area contributed by atoms with E-state index in [4.69, 9.17) is 14.2 Å². The molecule has 2 N–H and O–H groups in total. The van der Waals surface area contributed by atoms with E-state index in [1.807, 2.05) is 19.1 Å². The molecule has 5 nitrogen and oxygen atoms in total. The van der Waals surface area contributed by atoms with Crippen LogP contribution >= 0.6 is 0 Å². The van der Waals surface area contributed by atoms with Crippen LogP contribution in [-0.2, 0) is 16.0 Å². The van der Waals surface area contributed by atoms with Gasteiger partial charge in [-0.15, -0.1) is 0 Å². The van der Waals surface area contributed by atoms with Gasteiger partial charge in [-0.3, -0.25) is 0 Å². The summed E-state index contributed by atoms with van der Waals surface area (Å²) in [6.07, 6.45) is -0.290. The number of aromatic hydroxyl groups is 1. The minimum atomic E-state index is -0.290. The van der Waals surface area contributed by atoms with Gasteiger partial charge in [0.1, 0.15) is 0 Å². The molecule has 0 aromatic heterocycles. The van der Waals surface area contributed by atoms with E-state index in [1.54, 1.807) is 20.3 Å². The van der Waals surface area contributed by atoms with Gasteiger partial charge in [0.2, 0.25) is 0 Å². The Balaban J connectivity index is 2.54. The van der Waals surface area contributed by atoms with Gasteiger partial charge >= 0.3 is 0 Å². The van der Waals surface area contributed by atoms with Crippen molar-refractivity contribution in [2.45, 2.75) is 19.8 Å². The van der Waals surface area contributed by atoms with E-state index in [-0.39, 0.29) is 12.0 Å². The first kappa shape index (κ1) is 14.8. The van der Waals surface area contributed by atoms with Crippen molar-refractivity contribution in [1.29, 1.82) is 0 Å². The van der Waals surface area contributed by atoms with Crippen LogP contribution in [0.4, 0.5) is 0 Å². The van der Waals surface area contributed by atoms with Gasteiger partial charge in [-0.05, 0) is 13.0 Å². The second-order valence-electron chi connectivity index (χ2n) is 3.73. The molecule has 0 radical (unpaired) electrons. The average Bonchev–Trinajstić information content (AvgIpc) is 2.39. The maximum absolute atomic E-state index is 9.97. The average molecular weight is 255 g/mol. The number of methoxy groups -OCH3 is 2. The molecule has 0 saturated carbocycles. The third-order valence-corrected chi connectivity index (χ3v) is 2.53. The summed E-state index contributed by atoms with van der Waals surface area (Å²) < 4.78 is 15.4. The summed E-state index contributed by atoms with van der Waals surface area (Å²) in [7, 11) is 3.17. The lowest BCUT2D eigenvalue weighted by atomic mass is 10.2. The molecule has 18 heavy (non-hydrogen) atoms. The zero-order valence-electron chi connectivity index (χ0n) is 11.1. The fourth-order valence-corrected chi connectivity index (χ4v) is 1.57. The van der Waals surface area contributed by atoms with Gasteiger partial charge in [0.25, 0.3) is 0 Å². The van der Waals surface area contributed by atoms with Crippen LogP contribution in [0.2, 0.25) is 0 Å². The molecule has 1 aromatic rings. The van der Waals surface area contributed by atoms with Crippen LogP contribution in [0.1, 0.15) is 12.5 Å². The van der Waals surface area contributed by atoms with Gasteiger partial charge in [-0.2, -0.15) is 0 Å². The molecule has 102 valence electrons. The van der Waals surface area contributed by atoms with Crippen molar-refractivity contribution in [1.82, 2.24) is 5.32 Å². The Morgan fingerprint density at radius 1 is 1.28 bits per heavy atom. The molecular weight excluding hydrogens is 234 g/mol. The number of ether oxygens (including phenoxy) is 3. The Hall–Kier alpha value is -1.30. The normalized spacial score (nSPS) is 10.9. The van der Waals surface area contributed by atoms with Crippen LogP contribution in [0.5, 0.6) is 11.5 Å². The summed E-state index contributed by atoms with van der Waals surface area (Å²) in [5.41, 5.74) is 0.784. The SMILES string of the molecule is CCOc1cccc(CNCC(OC)OC)c1O. The Labute approximate surface area is 108 Å². The Bertz CT molecular complexity index is 353. The molecule has 0 aliphatic rings. The molecule has 0 spiro atoms. The predicted octanol–water partition coefficient (Wildman–Crippen LogP) is 1.50. The highest BCUT2D eigenvalue weighted by Crippen LogP contribution is 2.29. The summed E-state index contributed by atoms with van der Waals surface area (Å²) >= 11 is 0. The lowest BCUT2D eigenvalue weighted by Crippen LogP contribution is -2.29. The Morgan fingerprint density at radius 2 is 2.00 bits per heavy atom. The number of rotatable bonds is 8. The van der Waals surface area contributed by atoms with E-state index in [2.05, 4.69) is 5.32 Å². The standard InChI is InChI=1S/C13H21NO4/c1-4-18-11-7-5-6-10(13(11)15)8-14-9-12(16-2)17-3/h5-7,12,14-15H,4,8-9H2,1-3H3. The molecule has 1 rings (SSSR count). The van der Waals surface area contributed by atoms with Crippen LogP contribution in [0.3, 0.4) is 0 Å². The number of hydrogen-bond donors (Lipinski definition) is 2. The highest BCUT2D eigenvalue weighted by molar-refractivity contribution is 5.45. The van der Waals surface area contributed by atoms with Crippen LogP contribution < -0.4 is 10.1 Å². The number of benzene rings is 1. The van der Waals surface area contributed by atoms with Gasteiger partial charge in [0.05, 0.1) is 6.61 Å². The minimum Gasteiger partial charge on any atom is -0.504 e. The van der Waals surface area contributed by atoms with Crippen molar-refractivity contribution in [2.75, 3.05) is 27.4 Å². The van der Waals surface area contributed by atoms with E-state index in [9.17, 15) is 5.11 Å². The topological polar surface area (TPSA) is 60.0 Å². The van der Waals surface area contributed by atoms with E-state index in [0.717, 1.165) is 5.56 Å². The number of para-hydroxylation sites is 1. The van der Waals surface area contributed by atoms with Gasteiger partial charge < -0.3 is 24.6 Å². The number of phenolic OH excluding ortho intramolecular Hbond substituents is 1. The summed E-state index contributed by atoms with van der Waals surface area (Å²) in [5, 5.41) is 13.1. The van der Waals surface area contributed by atoms with Crippen LogP contribution in [0.15, 0.2) is 18.2 Å². The van der Waals surface area contributed by atoms with Crippen LogP contribution in [0, 0.1) is 0 Å². The monoisotopic (exact) mass is 255 g/mol. The second-order valence-corrected chi connectivity index (χ2v) is 3.73. The van der Waals surface area contributed by atoms with E-state index < -0.39 is 0 Å². The first-order valence-corrected chi connectivity index (χ1v) is 5.92. The smallest absolute Gasteiger partial charge is 0.169 e. The molecular formula is C13H21NO4. The van der Waals surface area contributed by atoms with E-state index >= 15 is 0 Å². The predicted molar refractivity (Wildman–Crippen MR) is 68.8 cm³/mol. The molecule has 0 fully saturated rings. The molecule has 0 heterocycles. The molecule has 0 atom stereocenters. The molecule has 0 aliphatic carbocycles. The molecule has 0 aliphatic heterocycles. The highest BCUT2D eigenvalue weighted by atomic mass is 16.7. The number of nitrogens with one attached hydrogen (secondary N) is 1. The maximum Gasteiger partial charge on any atom is 0.169 e. The lowest BCUT2D eigenvalue weighted by molar-refractivity contribution is -0.0989. The van der Waals surface area contributed by atoms with Gasteiger partial charge in [0, 0.05) is 32.9 Å².